The summed E-state index contributed by atoms with van der Waals surface area (Å²) in [5, 5.41) is 4.03. The van der Waals surface area contributed by atoms with Gasteiger partial charge in [-0.3, -0.25) is 4.79 Å². The molecule has 1 rings (SSSR count). The van der Waals surface area contributed by atoms with Gasteiger partial charge >= 0.3 is 0 Å². The molecule has 0 aliphatic carbocycles. The van der Waals surface area contributed by atoms with Crippen LogP contribution >= 0.6 is 0 Å². The van der Waals surface area contributed by atoms with Crippen LogP contribution < -0.4 is 5.43 Å². The molecule has 3 heteroatoms. The van der Waals surface area contributed by atoms with Crippen LogP contribution in [0.2, 0.25) is 0 Å². The van der Waals surface area contributed by atoms with Crippen LogP contribution in [0, 0.1) is 5.92 Å². The largest absolute Gasteiger partial charge is 0.273 e. The summed E-state index contributed by atoms with van der Waals surface area (Å²) in [6.07, 6.45) is 0. The fourth-order valence-corrected chi connectivity index (χ4v) is 1.01. The van der Waals surface area contributed by atoms with Crippen LogP contribution in [0.4, 0.5) is 0 Å². The van der Waals surface area contributed by atoms with E-state index in [1.807, 2.05) is 51.1 Å². The van der Waals surface area contributed by atoms with Crippen LogP contribution in [-0.2, 0) is 4.79 Å². The minimum atomic E-state index is -0.0646. The summed E-state index contributed by atoms with van der Waals surface area (Å²) in [6, 6.07) is 9.75. The predicted molar refractivity (Wildman–Crippen MR) is 61.6 cm³/mol. The molecule has 0 unspecified atom stereocenters. The molecule has 3 nitrogen and oxygen atoms in total. The highest BCUT2D eigenvalue weighted by atomic mass is 16.2. The predicted octanol–water partition coefficient (Wildman–Crippen LogP) is 2.18. The van der Waals surface area contributed by atoms with Crippen molar-refractivity contribution >= 4 is 11.6 Å². The van der Waals surface area contributed by atoms with Crippen LogP contribution in [0.5, 0.6) is 0 Å². The van der Waals surface area contributed by atoms with Gasteiger partial charge in [0.25, 0.3) is 0 Å². The second-order valence-corrected chi connectivity index (χ2v) is 3.69. The van der Waals surface area contributed by atoms with Gasteiger partial charge in [-0.25, -0.2) is 5.43 Å². The van der Waals surface area contributed by atoms with Crippen molar-refractivity contribution in [2.45, 2.75) is 20.8 Å². The Balaban J connectivity index is 2.65. The highest BCUT2D eigenvalue weighted by Gasteiger charge is 2.04. The standard InChI is InChI=1S/C12H16N2O/c1-9(2)12(15)14-13-10(3)11-7-5-4-6-8-11/h4-9H,1-3H3,(H,14,15)/b13-10+. The van der Waals surface area contributed by atoms with Gasteiger partial charge in [0.15, 0.2) is 0 Å². The van der Waals surface area contributed by atoms with Gasteiger partial charge in [0.2, 0.25) is 5.91 Å². The maximum atomic E-state index is 11.3. The van der Waals surface area contributed by atoms with Gasteiger partial charge in [0.05, 0.1) is 5.71 Å². The average Bonchev–Trinajstić information content (AvgIpc) is 2.26. The van der Waals surface area contributed by atoms with E-state index in [0.29, 0.717) is 0 Å². The second-order valence-electron chi connectivity index (χ2n) is 3.69. The molecule has 0 aliphatic heterocycles. The van der Waals surface area contributed by atoms with E-state index in [-0.39, 0.29) is 11.8 Å². The Morgan fingerprint density at radius 3 is 2.40 bits per heavy atom. The minimum absolute atomic E-state index is 0.0441. The van der Waals surface area contributed by atoms with Gasteiger partial charge in [0.1, 0.15) is 0 Å². The third-order valence-electron chi connectivity index (χ3n) is 2.05. The minimum Gasteiger partial charge on any atom is -0.273 e. The summed E-state index contributed by atoms with van der Waals surface area (Å²) in [7, 11) is 0. The summed E-state index contributed by atoms with van der Waals surface area (Å²) in [5.41, 5.74) is 4.35. The van der Waals surface area contributed by atoms with E-state index in [1.54, 1.807) is 0 Å². The van der Waals surface area contributed by atoms with E-state index in [2.05, 4.69) is 10.5 Å². The number of carbonyl (C=O) groups is 1. The normalized spacial score (nSPS) is 11.6. The lowest BCUT2D eigenvalue weighted by molar-refractivity contribution is -0.123. The van der Waals surface area contributed by atoms with E-state index >= 15 is 0 Å². The molecular formula is C12H16N2O. The number of hydrogen-bond donors (Lipinski definition) is 1. The Labute approximate surface area is 90.2 Å². The van der Waals surface area contributed by atoms with Crippen LogP contribution in [0.3, 0.4) is 0 Å². The van der Waals surface area contributed by atoms with Crippen molar-refractivity contribution in [2.24, 2.45) is 11.0 Å². The Kier molecular flexibility index (Phi) is 4.03. The summed E-state index contributed by atoms with van der Waals surface area (Å²) in [5.74, 6) is -0.109. The Morgan fingerprint density at radius 1 is 1.27 bits per heavy atom. The highest BCUT2D eigenvalue weighted by molar-refractivity contribution is 5.99. The second kappa shape index (κ2) is 5.29. The van der Waals surface area contributed by atoms with Gasteiger partial charge in [-0.05, 0) is 12.5 Å². The maximum absolute atomic E-state index is 11.3. The molecular weight excluding hydrogens is 188 g/mol. The molecule has 0 saturated carbocycles. The molecule has 80 valence electrons. The number of amides is 1. The summed E-state index contributed by atoms with van der Waals surface area (Å²) < 4.78 is 0. The van der Waals surface area contributed by atoms with Crippen molar-refractivity contribution in [1.29, 1.82) is 0 Å². The third kappa shape index (κ3) is 3.54. The maximum Gasteiger partial charge on any atom is 0.242 e. The number of benzene rings is 1. The van der Waals surface area contributed by atoms with Crippen LogP contribution in [-0.4, -0.2) is 11.6 Å². The highest BCUT2D eigenvalue weighted by Crippen LogP contribution is 2.00. The lowest BCUT2D eigenvalue weighted by Gasteiger charge is -2.04. The summed E-state index contributed by atoms with van der Waals surface area (Å²) >= 11 is 0. The quantitative estimate of drug-likeness (QED) is 0.595. The van der Waals surface area contributed by atoms with E-state index in [1.165, 1.54) is 0 Å². The first-order valence-electron chi connectivity index (χ1n) is 5.01. The van der Waals surface area contributed by atoms with Crippen molar-refractivity contribution in [3.8, 4) is 0 Å². The molecule has 1 aromatic carbocycles. The lowest BCUT2D eigenvalue weighted by atomic mass is 10.1. The Bertz CT molecular complexity index is 355. The summed E-state index contributed by atoms with van der Waals surface area (Å²) in [4.78, 5) is 11.3. The molecule has 0 saturated heterocycles. The van der Waals surface area contributed by atoms with E-state index in [0.717, 1.165) is 11.3 Å². The van der Waals surface area contributed by atoms with Gasteiger partial charge in [-0.15, -0.1) is 0 Å². The lowest BCUT2D eigenvalue weighted by Crippen LogP contribution is -2.23. The monoisotopic (exact) mass is 204 g/mol. The molecule has 15 heavy (non-hydrogen) atoms. The number of nitrogens with one attached hydrogen (secondary N) is 1. The first-order valence-corrected chi connectivity index (χ1v) is 5.01. The van der Waals surface area contributed by atoms with E-state index in [9.17, 15) is 4.79 Å². The van der Waals surface area contributed by atoms with Gasteiger partial charge in [-0.1, -0.05) is 44.2 Å². The average molecular weight is 204 g/mol. The van der Waals surface area contributed by atoms with Crippen molar-refractivity contribution < 1.29 is 4.79 Å². The molecule has 0 radical (unpaired) electrons. The molecule has 0 fully saturated rings. The topological polar surface area (TPSA) is 41.5 Å². The zero-order valence-electron chi connectivity index (χ0n) is 9.32. The smallest absolute Gasteiger partial charge is 0.242 e. The van der Waals surface area contributed by atoms with Crippen molar-refractivity contribution in [3.05, 3.63) is 35.9 Å². The van der Waals surface area contributed by atoms with E-state index in [4.69, 9.17) is 0 Å². The molecule has 0 aromatic heterocycles. The molecule has 0 bridgehead atoms. The van der Waals surface area contributed by atoms with Gasteiger partial charge < -0.3 is 0 Å². The molecule has 0 heterocycles. The van der Waals surface area contributed by atoms with Crippen molar-refractivity contribution in [2.75, 3.05) is 0 Å². The molecule has 0 spiro atoms. The molecule has 1 N–H and O–H groups in total. The first kappa shape index (κ1) is 11.4. The molecule has 0 atom stereocenters. The first-order chi connectivity index (χ1) is 7.11. The third-order valence-corrected chi connectivity index (χ3v) is 2.05. The van der Waals surface area contributed by atoms with E-state index < -0.39 is 0 Å². The number of nitrogens with zero attached hydrogens (tertiary/aromatic N) is 1. The fourth-order valence-electron chi connectivity index (χ4n) is 1.01. The molecule has 0 aliphatic rings. The summed E-state index contributed by atoms with van der Waals surface area (Å²) in [6.45, 7) is 5.54. The fraction of sp³-hybridized carbons (Fsp3) is 0.333. The van der Waals surface area contributed by atoms with Crippen molar-refractivity contribution in [3.63, 3.8) is 0 Å². The van der Waals surface area contributed by atoms with Gasteiger partial charge in [-0.2, -0.15) is 5.10 Å². The SMILES string of the molecule is C/C(=N\NC(=O)C(C)C)c1ccccc1. The van der Waals surface area contributed by atoms with Crippen LogP contribution in [0.15, 0.2) is 35.4 Å². The number of hydrazone groups is 1. The zero-order valence-corrected chi connectivity index (χ0v) is 9.32. The zero-order chi connectivity index (χ0) is 11.3. The Hall–Kier alpha value is -1.64. The number of hydrogen-bond acceptors (Lipinski definition) is 2. The van der Waals surface area contributed by atoms with Gasteiger partial charge in [0, 0.05) is 5.92 Å². The molecule has 1 aromatic rings. The van der Waals surface area contributed by atoms with Crippen LogP contribution in [0.25, 0.3) is 0 Å². The van der Waals surface area contributed by atoms with Crippen molar-refractivity contribution in [1.82, 2.24) is 5.43 Å². The molecule has 1 amide bonds. The van der Waals surface area contributed by atoms with Crippen LogP contribution in [0.1, 0.15) is 26.3 Å². The number of rotatable bonds is 3. The Morgan fingerprint density at radius 2 is 1.87 bits per heavy atom. The number of carbonyl (C=O) groups excluding carboxylic acids is 1.